The maximum Gasteiger partial charge on any atom is 0.288 e. The second kappa shape index (κ2) is 8.69. The number of hydrogen-bond donors (Lipinski definition) is 3. The maximum absolute atomic E-state index is 13.3. The highest BCUT2D eigenvalue weighted by Crippen LogP contribution is 2.20. The van der Waals surface area contributed by atoms with E-state index in [4.69, 9.17) is 12.2 Å². The number of hydrogen-bond acceptors (Lipinski definition) is 3. The molecule has 0 aliphatic carbocycles. The van der Waals surface area contributed by atoms with Crippen molar-refractivity contribution in [3.8, 4) is 0 Å². The molecule has 0 bridgehead atoms. The van der Waals surface area contributed by atoms with Crippen molar-refractivity contribution in [3.63, 3.8) is 0 Å². The van der Waals surface area contributed by atoms with Crippen LogP contribution < -0.4 is 9.88 Å². The molecule has 1 heterocycles. The van der Waals surface area contributed by atoms with E-state index in [2.05, 4.69) is 5.32 Å². The van der Waals surface area contributed by atoms with Gasteiger partial charge in [-0.2, -0.15) is 4.57 Å². The number of pyridine rings is 1. The largest absolute Gasteiger partial charge is 0.502 e. The van der Waals surface area contributed by atoms with Crippen molar-refractivity contribution in [2.75, 3.05) is 5.32 Å². The summed E-state index contributed by atoms with van der Waals surface area (Å²) >= 11 is 5.47. The number of halogens is 2. The highest BCUT2D eigenvalue weighted by Gasteiger charge is 2.24. The Kier molecular flexibility index (Phi) is 6.08. The molecule has 3 rings (SSSR count). The van der Waals surface area contributed by atoms with E-state index in [0.29, 0.717) is 16.8 Å². The van der Waals surface area contributed by atoms with Crippen molar-refractivity contribution in [3.05, 3.63) is 95.8 Å². The quantitative estimate of drug-likeness (QED) is 0.262. The van der Waals surface area contributed by atoms with E-state index in [1.54, 1.807) is 29.1 Å². The molecule has 0 amide bonds. The van der Waals surface area contributed by atoms with Crippen LogP contribution >= 0.6 is 12.2 Å². The van der Waals surface area contributed by atoms with Crippen LogP contribution in [-0.4, -0.2) is 15.2 Å². The lowest BCUT2D eigenvalue weighted by Gasteiger charge is -2.11. The van der Waals surface area contributed by atoms with Gasteiger partial charge in [-0.05, 0) is 54.6 Å². The summed E-state index contributed by atoms with van der Waals surface area (Å²) in [5, 5.41) is 23.2. The molecule has 0 aliphatic rings. The molecule has 1 aromatic heterocycles. The predicted octanol–water partition coefficient (Wildman–Crippen LogP) is 4.07. The molecule has 0 saturated carbocycles. The van der Waals surface area contributed by atoms with Crippen LogP contribution in [0, 0.1) is 11.6 Å². The number of nitrogens with one attached hydrogen (secondary N) is 1. The third-order valence-electron chi connectivity index (χ3n) is 3.96. The van der Waals surface area contributed by atoms with Gasteiger partial charge in [-0.15, -0.1) is 0 Å². The van der Waals surface area contributed by atoms with Crippen LogP contribution in [0.1, 0.15) is 11.1 Å². The van der Waals surface area contributed by atoms with Crippen LogP contribution in [-0.2, 0) is 6.61 Å². The van der Waals surface area contributed by atoms with Crippen LogP contribution in [0.5, 0.6) is 0 Å². The Morgan fingerprint density at radius 1 is 0.964 bits per heavy atom. The number of nitrogens with zero attached hydrogens (tertiary/aromatic N) is 1. The Hall–Kier alpha value is -3.16. The normalized spacial score (nSPS) is 11.7. The lowest BCUT2D eigenvalue weighted by Crippen LogP contribution is -2.39. The fourth-order valence-electron chi connectivity index (χ4n) is 2.57. The van der Waals surface area contributed by atoms with Gasteiger partial charge in [0.1, 0.15) is 11.6 Å². The number of aliphatic hydroxyl groups is 2. The molecule has 28 heavy (non-hydrogen) atoms. The second-order valence-electron chi connectivity index (χ2n) is 5.94. The molecule has 0 saturated heterocycles. The zero-order chi connectivity index (χ0) is 20.1. The first-order chi connectivity index (χ1) is 13.5. The van der Waals surface area contributed by atoms with Crippen LogP contribution in [0.15, 0.2) is 73.1 Å². The fourth-order valence-corrected chi connectivity index (χ4v) is 2.89. The number of aliphatic hydroxyl groups excluding tert-OH is 2. The lowest BCUT2D eigenvalue weighted by atomic mass is 10.1. The number of rotatable bonds is 5. The summed E-state index contributed by atoms with van der Waals surface area (Å²) in [6, 6.07) is 14.4. The molecule has 0 atom stereocenters. The molecular weight excluding hydrogens is 382 g/mol. The topological polar surface area (TPSA) is 56.4 Å². The molecule has 0 unspecified atom stereocenters. The summed E-state index contributed by atoms with van der Waals surface area (Å²) in [7, 11) is 0. The highest BCUT2D eigenvalue weighted by molar-refractivity contribution is 7.81. The monoisotopic (exact) mass is 399 g/mol. The van der Waals surface area contributed by atoms with Gasteiger partial charge in [-0.25, -0.2) is 8.78 Å². The summed E-state index contributed by atoms with van der Waals surface area (Å²) in [5.41, 5.74) is 1.73. The highest BCUT2D eigenvalue weighted by atomic mass is 32.1. The van der Waals surface area contributed by atoms with Gasteiger partial charge in [0.15, 0.2) is 23.1 Å². The maximum atomic E-state index is 13.3. The molecule has 3 N–H and O–H groups in total. The third-order valence-corrected chi connectivity index (χ3v) is 4.26. The molecule has 3 aromatic rings. The van der Waals surface area contributed by atoms with Gasteiger partial charge in [0.05, 0.1) is 6.61 Å². The van der Waals surface area contributed by atoms with Gasteiger partial charge < -0.3 is 15.5 Å². The third kappa shape index (κ3) is 4.57. The van der Waals surface area contributed by atoms with Gasteiger partial charge in [-0.3, -0.25) is 0 Å². The summed E-state index contributed by atoms with van der Waals surface area (Å²) < 4.78 is 28.0. The van der Waals surface area contributed by atoms with E-state index in [-0.39, 0.29) is 28.9 Å². The first-order valence-electron chi connectivity index (χ1n) is 8.35. The summed E-state index contributed by atoms with van der Waals surface area (Å²) in [4.78, 5) is 0.161. The SMILES string of the molecule is OCc1ccc[n+](/C(C(=S)Nc2ccc(F)cc2)=C(\O)c2ccc(F)cc2)c1. The van der Waals surface area contributed by atoms with Gasteiger partial charge in [0, 0.05) is 22.9 Å². The summed E-state index contributed by atoms with van der Waals surface area (Å²) in [6.45, 7) is -0.191. The number of anilines is 1. The second-order valence-corrected chi connectivity index (χ2v) is 6.35. The molecule has 4 nitrogen and oxygen atoms in total. The van der Waals surface area contributed by atoms with Crippen LogP contribution in [0.3, 0.4) is 0 Å². The van der Waals surface area contributed by atoms with Crippen molar-refractivity contribution in [2.24, 2.45) is 0 Å². The molecule has 7 heteroatoms. The van der Waals surface area contributed by atoms with Crippen molar-refractivity contribution in [2.45, 2.75) is 6.61 Å². The van der Waals surface area contributed by atoms with E-state index in [1.807, 2.05) is 0 Å². The predicted molar refractivity (Wildman–Crippen MR) is 107 cm³/mol. The minimum Gasteiger partial charge on any atom is -0.502 e. The van der Waals surface area contributed by atoms with E-state index in [9.17, 15) is 19.0 Å². The minimum absolute atomic E-state index is 0.161. The van der Waals surface area contributed by atoms with Crippen LogP contribution in [0.25, 0.3) is 11.5 Å². The van der Waals surface area contributed by atoms with Gasteiger partial charge in [-0.1, -0.05) is 12.2 Å². The Morgan fingerprint density at radius 2 is 1.57 bits per heavy atom. The van der Waals surface area contributed by atoms with Gasteiger partial charge in [0.2, 0.25) is 0 Å². The molecule has 0 radical (unpaired) electrons. The number of benzene rings is 2. The smallest absolute Gasteiger partial charge is 0.288 e. The Bertz CT molecular complexity index is 1020. The van der Waals surface area contributed by atoms with Crippen molar-refractivity contribution in [1.82, 2.24) is 0 Å². The van der Waals surface area contributed by atoms with Crippen molar-refractivity contribution < 1.29 is 23.6 Å². The average Bonchev–Trinajstić information content (AvgIpc) is 2.70. The Balaban J connectivity index is 2.07. The van der Waals surface area contributed by atoms with Crippen LogP contribution in [0.4, 0.5) is 14.5 Å². The fraction of sp³-hybridized carbons (Fsp3) is 0.0476. The summed E-state index contributed by atoms with van der Waals surface area (Å²) in [5.74, 6) is -0.994. The van der Waals surface area contributed by atoms with E-state index in [0.717, 1.165) is 0 Å². The van der Waals surface area contributed by atoms with E-state index in [1.165, 1.54) is 48.5 Å². The molecule has 142 valence electrons. The van der Waals surface area contributed by atoms with Gasteiger partial charge in [0.25, 0.3) is 5.70 Å². The zero-order valence-electron chi connectivity index (χ0n) is 14.6. The zero-order valence-corrected chi connectivity index (χ0v) is 15.5. The van der Waals surface area contributed by atoms with Crippen LogP contribution in [0.2, 0.25) is 0 Å². The van der Waals surface area contributed by atoms with Crippen molar-refractivity contribution >= 4 is 34.3 Å². The number of aromatic nitrogens is 1. The average molecular weight is 399 g/mol. The van der Waals surface area contributed by atoms with Crippen molar-refractivity contribution in [1.29, 1.82) is 0 Å². The molecule has 0 spiro atoms. The van der Waals surface area contributed by atoms with E-state index < -0.39 is 5.82 Å². The lowest BCUT2D eigenvalue weighted by molar-refractivity contribution is -0.576. The first-order valence-corrected chi connectivity index (χ1v) is 8.76. The molecule has 0 fully saturated rings. The number of thiocarbonyl (C=S) groups is 1. The summed E-state index contributed by atoms with van der Waals surface area (Å²) in [6.07, 6.45) is 3.28. The first kappa shape index (κ1) is 19.6. The standard InChI is InChI=1S/C21H16F2N2O2S/c22-16-5-3-15(4-6-16)20(27)19(25-11-1-2-14(12-25)13-26)21(28)24-18-9-7-17(23)8-10-18/h1-12,26H,13H2,(H-,24,27,28)/p+1. The molecule has 2 aromatic carbocycles. The van der Waals surface area contributed by atoms with E-state index >= 15 is 0 Å². The molecule has 0 aliphatic heterocycles. The Labute approximate surface area is 166 Å². The van der Waals surface area contributed by atoms with Gasteiger partial charge >= 0.3 is 0 Å². The Morgan fingerprint density at radius 3 is 2.18 bits per heavy atom. The minimum atomic E-state index is -0.431. The molecular formula is C21H17F2N2O2S+.